The molecule has 0 aromatic heterocycles. The minimum absolute atomic E-state index is 0.163. The summed E-state index contributed by atoms with van der Waals surface area (Å²) < 4.78 is 5.43. The van der Waals surface area contributed by atoms with Gasteiger partial charge in [-0.25, -0.2) is 0 Å². The zero-order valence-electron chi connectivity index (χ0n) is 15.7. The quantitative estimate of drug-likeness (QED) is 0.462. The highest BCUT2D eigenvalue weighted by molar-refractivity contribution is 6.00. The number of aliphatic hydroxyl groups is 1. The second kappa shape index (κ2) is 8.26. The number of esters is 1. The van der Waals surface area contributed by atoms with Gasteiger partial charge in [-0.3, -0.25) is 9.59 Å². The Morgan fingerprint density at radius 2 is 1.76 bits per heavy atom. The van der Waals surface area contributed by atoms with E-state index in [2.05, 4.69) is 6.58 Å². The molecule has 4 heteroatoms. The van der Waals surface area contributed by atoms with Gasteiger partial charge in [-0.2, -0.15) is 0 Å². The molecule has 0 spiro atoms. The molecule has 25 heavy (non-hydrogen) atoms. The number of carbonyl (C=O) groups is 2. The summed E-state index contributed by atoms with van der Waals surface area (Å²) in [5.41, 5.74) is -1.43. The fourth-order valence-corrected chi connectivity index (χ4v) is 2.60. The van der Waals surface area contributed by atoms with Gasteiger partial charge in [-0.15, -0.1) is 6.58 Å². The molecular weight excluding hydrogens is 316 g/mol. The largest absolute Gasteiger partial charge is 0.460 e. The molecule has 0 aliphatic rings. The van der Waals surface area contributed by atoms with Crippen LogP contribution in [-0.4, -0.2) is 28.1 Å². The maximum Gasteiger partial charge on any atom is 0.313 e. The van der Waals surface area contributed by atoms with Crippen LogP contribution in [0.1, 0.15) is 46.6 Å². The molecule has 1 aromatic rings. The molecule has 1 N–H and O–H groups in total. The number of allylic oxidation sites excluding steroid dienone is 1. The molecule has 1 aromatic carbocycles. The number of hydrogen-bond acceptors (Lipinski definition) is 4. The molecule has 0 aliphatic carbocycles. The first-order chi connectivity index (χ1) is 11.5. The smallest absolute Gasteiger partial charge is 0.313 e. The van der Waals surface area contributed by atoms with E-state index in [1.165, 1.54) is 13.8 Å². The Bertz CT molecular complexity index is 648. The number of hydrogen-bond donors (Lipinski definition) is 1. The second-order valence-electron chi connectivity index (χ2n) is 7.28. The van der Waals surface area contributed by atoms with Crippen LogP contribution >= 0.6 is 0 Å². The monoisotopic (exact) mass is 344 g/mol. The van der Waals surface area contributed by atoms with Crippen molar-refractivity contribution >= 4 is 17.8 Å². The van der Waals surface area contributed by atoms with E-state index in [0.717, 1.165) is 5.56 Å². The van der Waals surface area contributed by atoms with Crippen LogP contribution in [0, 0.1) is 5.92 Å². The fourth-order valence-electron chi connectivity index (χ4n) is 2.60. The molecule has 1 rings (SSSR count). The zero-order valence-corrected chi connectivity index (χ0v) is 15.7. The second-order valence-corrected chi connectivity index (χ2v) is 7.28. The van der Waals surface area contributed by atoms with Gasteiger partial charge < -0.3 is 9.84 Å². The number of benzene rings is 1. The van der Waals surface area contributed by atoms with Crippen LogP contribution in [0.5, 0.6) is 0 Å². The predicted molar refractivity (Wildman–Crippen MR) is 99.9 cm³/mol. The number of ether oxygens (including phenoxy) is 1. The minimum atomic E-state index is -1.68. The van der Waals surface area contributed by atoms with Gasteiger partial charge in [0.1, 0.15) is 11.2 Å². The molecule has 0 bridgehead atoms. The Kier molecular flexibility index (Phi) is 6.88. The van der Waals surface area contributed by atoms with E-state index in [1.807, 2.05) is 30.3 Å². The van der Waals surface area contributed by atoms with Crippen molar-refractivity contribution in [2.75, 3.05) is 0 Å². The van der Waals surface area contributed by atoms with Crippen LogP contribution < -0.4 is 0 Å². The van der Waals surface area contributed by atoms with E-state index in [0.29, 0.717) is 0 Å². The van der Waals surface area contributed by atoms with Crippen LogP contribution in [0.15, 0.2) is 48.6 Å². The van der Waals surface area contributed by atoms with Crippen molar-refractivity contribution in [3.8, 4) is 0 Å². The Morgan fingerprint density at radius 3 is 2.20 bits per heavy atom. The third-order valence-corrected chi connectivity index (χ3v) is 3.81. The van der Waals surface area contributed by atoms with E-state index in [4.69, 9.17) is 4.74 Å². The number of ketones is 1. The number of rotatable bonds is 7. The van der Waals surface area contributed by atoms with E-state index in [-0.39, 0.29) is 17.8 Å². The molecule has 2 atom stereocenters. The van der Waals surface area contributed by atoms with Crippen molar-refractivity contribution in [3.05, 3.63) is 54.1 Å². The highest BCUT2D eigenvalue weighted by Crippen LogP contribution is 2.33. The lowest BCUT2D eigenvalue weighted by Gasteiger charge is -2.34. The van der Waals surface area contributed by atoms with Crippen LogP contribution in [0.2, 0.25) is 0 Å². The summed E-state index contributed by atoms with van der Waals surface area (Å²) in [7, 11) is 0. The molecule has 0 fully saturated rings. The minimum Gasteiger partial charge on any atom is -0.460 e. The van der Waals surface area contributed by atoms with Gasteiger partial charge in [0.15, 0.2) is 5.78 Å². The average molecular weight is 344 g/mol. The Labute approximate surface area is 150 Å². The summed E-state index contributed by atoms with van der Waals surface area (Å²) in [4.78, 5) is 24.8. The van der Waals surface area contributed by atoms with Crippen LogP contribution in [-0.2, 0) is 14.3 Å². The molecule has 0 heterocycles. The fraction of sp³-hybridized carbons (Fsp3) is 0.429. The van der Waals surface area contributed by atoms with Gasteiger partial charge in [0, 0.05) is 5.57 Å². The third kappa shape index (κ3) is 5.98. The first-order valence-electron chi connectivity index (χ1n) is 8.33. The molecule has 4 nitrogen and oxygen atoms in total. The average Bonchev–Trinajstić information content (AvgIpc) is 2.48. The molecular formula is C21H28O4. The Morgan fingerprint density at radius 1 is 1.20 bits per heavy atom. The van der Waals surface area contributed by atoms with Gasteiger partial charge in [0.05, 0.1) is 5.92 Å². The molecule has 0 radical (unpaired) electrons. The summed E-state index contributed by atoms with van der Waals surface area (Å²) in [5, 5.41) is 11.1. The summed E-state index contributed by atoms with van der Waals surface area (Å²) in [6.07, 6.45) is 3.35. The first kappa shape index (κ1) is 20.8. The van der Waals surface area contributed by atoms with Crippen molar-refractivity contribution in [2.45, 2.75) is 52.2 Å². The summed E-state index contributed by atoms with van der Waals surface area (Å²) in [6, 6.07) is 9.20. The molecule has 0 amide bonds. The lowest BCUT2D eigenvalue weighted by Crippen LogP contribution is -2.45. The predicted octanol–water partition coefficient (Wildman–Crippen LogP) is 3.94. The Hall–Kier alpha value is -2.20. The SMILES string of the molecule is C=CC[C@H](C(=O)OC(C)(C)C)[C@](C)(O)/C(=C/c1ccccc1)C(C)=O. The van der Waals surface area contributed by atoms with E-state index < -0.39 is 23.1 Å². The number of Topliss-reactive ketones (excluding diaryl/α,β-unsaturated/α-hetero) is 1. The van der Waals surface area contributed by atoms with Gasteiger partial charge >= 0.3 is 5.97 Å². The highest BCUT2D eigenvalue weighted by atomic mass is 16.6. The van der Waals surface area contributed by atoms with Crippen LogP contribution in [0.4, 0.5) is 0 Å². The van der Waals surface area contributed by atoms with Crippen molar-refractivity contribution in [3.63, 3.8) is 0 Å². The Balaban J connectivity index is 3.33. The molecule has 0 saturated heterocycles. The zero-order chi connectivity index (χ0) is 19.3. The van der Waals surface area contributed by atoms with Crippen LogP contribution in [0.25, 0.3) is 6.08 Å². The lowest BCUT2D eigenvalue weighted by atomic mass is 9.78. The van der Waals surface area contributed by atoms with Crippen molar-refractivity contribution in [1.29, 1.82) is 0 Å². The molecule has 136 valence electrons. The maximum atomic E-state index is 12.6. The van der Waals surface area contributed by atoms with Gasteiger partial charge in [0.25, 0.3) is 0 Å². The van der Waals surface area contributed by atoms with E-state index >= 15 is 0 Å². The standard InChI is InChI=1S/C21H28O4/c1-7-11-17(19(23)25-20(3,4)5)21(6,24)18(15(2)22)14-16-12-9-8-10-13-16/h7-10,12-14,17,24H,1,11H2,2-6H3/b18-14+/t17-,21+/m1/s1. The van der Waals surface area contributed by atoms with Gasteiger partial charge in [0.2, 0.25) is 0 Å². The first-order valence-corrected chi connectivity index (χ1v) is 8.33. The van der Waals surface area contributed by atoms with Crippen molar-refractivity contribution in [1.82, 2.24) is 0 Å². The third-order valence-electron chi connectivity index (χ3n) is 3.81. The number of carbonyl (C=O) groups excluding carboxylic acids is 2. The highest BCUT2D eigenvalue weighted by Gasteiger charge is 2.43. The lowest BCUT2D eigenvalue weighted by molar-refractivity contribution is -0.167. The van der Waals surface area contributed by atoms with Crippen molar-refractivity contribution in [2.24, 2.45) is 5.92 Å². The molecule has 0 aliphatic heterocycles. The van der Waals surface area contributed by atoms with Gasteiger partial charge in [-0.05, 0) is 52.7 Å². The topological polar surface area (TPSA) is 63.6 Å². The maximum absolute atomic E-state index is 12.6. The molecule has 0 unspecified atom stereocenters. The summed E-state index contributed by atoms with van der Waals surface area (Å²) in [5.74, 6) is -1.79. The molecule has 0 saturated carbocycles. The van der Waals surface area contributed by atoms with Crippen LogP contribution in [0.3, 0.4) is 0 Å². The summed E-state index contributed by atoms with van der Waals surface area (Å²) in [6.45, 7) is 11.8. The summed E-state index contributed by atoms with van der Waals surface area (Å²) >= 11 is 0. The van der Waals surface area contributed by atoms with E-state index in [9.17, 15) is 14.7 Å². The van der Waals surface area contributed by atoms with Crippen molar-refractivity contribution < 1.29 is 19.4 Å². The van der Waals surface area contributed by atoms with E-state index in [1.54, 1.807) is 32.9 Å². The van der Waals surface area contributed by atoms with Gasteiger partial charge in [-0.1, -0.05) is 36.4 Å². The normalized spacial score (nSPS) is 15.8.